The Balaban J connectivity index is 2.48. The van der Waals surface area contributed by atoms with E-state index >= 15 is 0 Å². The van der Waals surface area contributed by atoms with Gasteiger partial charge in [0.15, 0.2) is 0 Å². The predicted molar refractivity (Wildman–Crippen MR) is 68.5 cm³/mol. The maximum atomic E-state index is 12.1. The topological polar surface area (TPSA) is 81.7 Å². The van der Waals surface area contributed by atoms with Crippen molar-refractivity contribution < 1.29 is 14.7 Å². The lowest BCUT2D eigenvalue weighted by atomic mass is 10.1. The van der Waals surface area contributed by atoms with Crippen LogP contribution in [0.25, 0.3) is 0 Å². The molecule has 0 aromatic carbocycles. The molecule has 1 saturated heterocycles. The average Bonchev–Trinajstić information content (AvgIpc) is 2.29. The second kappa shape index (κ2) is 7.20. The molecule has 0 spiro atoms. The van der Waals surface area contributed by atoms with Gasteiger partial charge in [-0.15, -0.1) is 0 Å². The zero-order valence-electron chi connectivity index (χ0n) is 11.1. The minimum atomic E-state index is -0.896. The van der Waals surface area contributed by atoms with E-state index in [4.69, 9.17) is 5.11 Å². The number of amides is 2. The lowest BCUT2D eigenvalue weighted by molar-refractivity contribution is -0.137. The minimum Gasteiger partial charge on any atom is -0.481 e. The van der Waals surface area contributed by atoms with Crippen LogP contribution in [0.15, 0.2) is 0 Å². The molecule has 2 amide bonds. The number of nitrogens with zero attached hydrogens (tertiary/aromatic N) is 1. The van der Waals surface area contributed by atoms with E-state index in [9.17, 15) is 9.59 Å². The van der Waals surface area contributed by atoms with Crippen molar-refractivity contribution in [3.8, 4) is 0 Å². The highest BCUT2D eigenvalue weighted by Gasteiger charge is 2.24. The summed E-state index contributed by atoms with van der Waals surface area (Å²) in [7, 11) is 0. The van der Waals surface area contributed by atoms with Gasteiger partial charge >= 0.3 is 12.0 Å². The maximum absolute atomic E-state index is 12.1. The summed E-state index contributed by atoms with van der Waals surface area (Å²) >= 11 is 0. The number of hydrogen-bond donors (Lipinski definition) is 3. The van der Waals surface area contributed by atoms with E-state index in [-0.39, 0.29) is 24.5 Å². The number of nitrogens with one attached hydrogen (secondary N) is 2. The molecule has 1 atom stereocenters. The van der Waals surface area contributed by atoms with E-state index in [2.05, 4.69) is 10.6 Å². The molecule has 1 unspecified atom stereocenters. The Morgan fingerprint density at radius 1 is 1.44 bits per heavy atom. The fourth-order valence-corrected chi connectivity index (χ4v) is 2.29. The summed E-state index contributed by atoms with van der Waals surface area (Å²) in [5.41, 5.74) is 0. The molecule has 0 radical (unpaired) electrons. The van der Waals surface area contributed by atoms with Crippen LogP contribution in [0.2, 0.25) is 0 Å². The van der Waals surface area contributed by atoms with Gasteiger partial charge in [0.2, 0.25) is 0 Å². The number of piperidine rings is 1. The van der Waals surface area contributed by atoms with Crippen molar-refractivity contribution in [3.05, 3.63) is 0 Å². The summed E-state index contributed by atoms with van der Waals surface area (Å²) in [5, 5.41) is 14.7. The highest BCUT2D eigenvalue weighted by atomic mass is 16.4. The molecule has 1 aliphatic heterocycles. The summed E-state index contributed by atoms with van der Waals surface area (Å²) < 4.78 is 0. The van der Waals surface area contributed by atoms with E-state index in [0.717, 1.165) is 25.9 Å². The van der Waals surface area contributed by atoms with Crippen molar-refractivity contribution in [3.63, 3.8) is 0 Å². The first-order chi connectivity index (χ1) is 8.54. The van der Waals surface area contributed by atoms with Gasteiger partial charge in [-0.05, 0) is 39.8 Å². The van der Waals surface area contributed by atoms with Gasteiger partial charge in [-0.25, -0.2) is 4.79 Å². The van der Waals surface area contributed by atoms with Crippen LogP contribution in [0.1, 0.15) is 33.1 Å². The third kappa shape index (κ3) is 4.52. The number of carboxylic acids is 1. The van der Waals surface area contributed by atoms with Gasteiger partial charge in [-0.3, -0.25) is 4.79 Å². The molecule has 6 nitrogen and oxygen atoms in total. The monoisotopic (exact) mass is 257 g/mol. The summed E-state index contributed by atoms with van der Waals surface area (Å²) in [4.78, 5) is 24.4. The zero-order chi connectivity index (χ0) is 13.5. The van der Waals surface area contributed by atoms with Crippen LogP contribution in [0.4, 0.5) is 4.79 Å². The van der Waals surface area contributed by atoms with Gasteiger partial charge in [0.25, 0.3) is 0 Å². The smallest absolute Gasteiger partial charge is 0.317 e. The van der Waals surface area contributed by atoms with Crippen LogP contribution in [-0.2, 0) is 4.79 Å². The average molecular weight is 257 g/mol. The van der Waals surface area contributed by atoms with Crippen molar-refractivity contribution >= 4 is 12.0 Å². The molecule has 1 rings (SSSR count). The number of rotatable bonds is 5. The molecule has 0 bridgehead atoms. The third-order valence-electron chi connectivity index (χ3n) is 3.20. The molecule has 18 heavy (non-hydrogen) atoms. The first kappa shape index (κ1) is 14.8. The van der Waals surface area contributed by atoms with Gasteiger partial charge in [0.05, 0.1) is 6.42 Å². The third-order valence-corrected chi connectivity index (χ3v) is 3.20. The van der Waals surface area contributed by atoms with Crippen LogP contribution in [0.3, 0.4) is 0 Å². The predicted octanol–water partition coefficient (Wildman–Crippen LogP) is 0.633. The fraction of sp³-hybridized carbons (Fsp3) is 0.833. The molecule has 1 aliphatic rings. The summed E-state index contributed by atoms with van der Waals surface area (Å²) in [6.45, 7) is 6.17. The number of carboxylic acid groups (broad SMARTS) is 1. The lowest BCUT2D eigenvalue weighted by Crippen LogP contribution is -2.51. The molecule has 0 aromatic rings. The van der Waals surface area contributed by atoms with Crippen molar-refractivity contribution in [2.24, 2.45) is 0 Å². The van der Waals surface area contributed by atoms with Crippen molar-refractivity contribution in [1.82, 2.24) is 15.5 Å². The Bertz CT molecular complexity index is 290. The molecule has 6 heteroatoms. The van der Waals surface area contributed by atoms with Crippen LogP contribution < -0.4 is 10.6 Å². The SMILES string of the molecule is CCN(C(=O)NC(C)CC(=O)O)C1CCNCC1. The molecule has 0 aromatic heterocycles. The Morgan fingerprint density at radius 3 is 2.56 bits per heavy atom. The summed E-state index contributed by atoms with van der Waals surface area (Å²) in [5.74, 6) is -0.896. The van der Waals surface area contributed by atoms with Crippen LogP contribution in [0.5, 0.6) is 0 Å². The largest absolute Gasteiger partial charge is 0.481 e. The second-order valence-electron chi connectivity index (χ2n) is 4.72. The summed E-state index contributed by atoms with van der Waals surface area (Å²) in [6.07, 6.45) is 1.86. The number of aliphatic carboxylic acids is 1. The minimum absolute atomic E-state index is 0.0461. The van der Waals surface area contributed by atoms with Crippen LogP contribution in [0, 0.1) is 0 Å². The zero-order valence-corrected chi connectivity index (χ0v) is 11.1. The highest BCUT2D eigenvalue weighted by Crippen LogP contribution is 2.12. The van der Waals surface area contributed by atoms with E-state index in [1.165, 1.54) is 0 Å². The van der Waals surface area contributed by atoms with Gasteiger partial charge < -0.3 is 20.6 Å². The standard InChI is InChI=1S/C12H23N3O3/c1-3-15(10-4-6-13-7-5-10)12(18)14-9(2)8-11(16)17/h9-10,13H,3-8H2,1-2H3,(H,14,18)(H,16,17). The first-order valence-electron chi connectivity index (χ1n) is 6.54. The molecule has 104 valence electrons. The number of carbonyl (C=O) groups excluding carboxylic acids is 1. The van der Waals surface area contributed by atoms with Crippen LogP contribution >= 0.6 is 0 Å². The van der Waals surface area contributed by atoms with Crippen molar-refractivity contribution in [1.29, 1.82) is 0 Å². The Kier molecular flexibility index (Phi) is 5.91. The van der Waals surface area contributed by atoms with Gasteiger partial charge in [-0.2, -0.15) is 0 Å². The Labute approximate surface area is 108 Å². The first-order valence-corrected chi connectivity index (χ1v) is 6.54. The molecular formula is C12H23N3O3. The van der Waals surface area contributed by atoms with Gasteiger partial charge in [0.1, 0.15) is 0 Å². The number of carbonyl (C=O) groups is 2. The quantitative estimate of drug-likeness (QED) is 0.675. The number of hydrogen-bond acceptors (Lipinski definition) is 3. The molecule has 0 aliphatic carbocycles. The molecule has 1 fully saturated rings. The Hall–Kier alpha value is -1.30. The number of urea groups is 1. The normalized spacial score (nSPS) is 18.1. The van der Waals surface area contributed by atoms with Crippen LogP contribution in [-0.4, -0.2) is 53.7 Å². The Morgan fingerprint density at radius 2 is 2.06 bits per heavy atom. The second-order valence-corrected chi connectivity index (χ2v) is 4.72. The fourth-order valence-electron chi connectivity index (χ4n) is 2.29. The maximum Gasteiger partial charge on any atom is 0.317 e. The van der Waals surface area contributed by atoms with Crippen molar-refractivity contribution in [2.45, 2.75) is 45.2 Å². The lowest BCUT2D eigenvalue weighted by Gasteiger charge is -2.34. The van der Waals surface area contributed by atoms with E-state index in [1.807, 2.05) is 6.92 Å². The van der Waals surface area contributed by atoms with Crippen molar-refractivity contribution in [2.75, 3.05) is 19.6 Å². The van der Waals surface area contributed by atoms with Gasteiger partial charge in [0, 0.05) is 18.6 Å². The molecular weight excluding hydrogens is 234 g/mol. The van der Waals surface area contributed by atoms with E-state index < -0.39 is 5.97 Å². The molecule has 1 heterocycles. The van der Waals surface area contributed by atoms with E-state index in [0.29, 0.717) is 6.54 Å². The molecule has 0 saturated carbocycles. The van der Waals surface area contributed by atoms with Gasteiger partial charge in [-0.1, -0.05) is 0 Å². The molecule has 3 N–H and O–H groups in total. The van der Waals surface area contributed by atoms with E-state index in [1.54, 1.807) is 11.8 Å². The summed E-state index contributed by atoms with van der Waals surface area (Å²) in [6, 6.07) is -0.239. The highest BCUT2D eigenvalue weighted by molar-refractivity contribution is 5.76.